The molecule has 0 saturated carbocycles. The van der Waals surface area contributed by atoms with Crippen molar-refractivity contribution in [3.63, 3.8) is 0 Å². The minimum Gasteiger partial charge on any atom is -0.330 e. The monoisotopic (exact) mass is 186 g/mol. The van der Waals surface area contributed by atoms with Crippen molar-refractivity contribution in [1.82, 2.24) is 4.98 Å². The summed E-state index contributed by atoms with van der Waals surface area (Å²) in [7, 11) is 0. The number of rotatable bonds is 2. The van der Waals surface area contributed by atoms with E-state index < -0.39 is 0 Å². The molecule has 14 heavy (non-hydrogen) atoms. The Balaban J connectivity index is 2.69. The van der Waals surface area contributed by atoms with Gasteiger partial charge < -0.3 is 5.73 Å². The van der Waals surface area contributed by atoms with Crippen molar-refractivity contribution < 1.29 is 0 Å². The molecule has 0 aliphatic rings. The molecule has 0 radical (unpaired) electrons. The average Bonchev–Trinajstić information content (AvgIpc) is 2.23. The van der Waals surface area contributed by atoms with Crippen LogP contribution in [0.25, 0.3) is 10.8 Å². The molecule has 2 N–H and O–H groups in total. The Morgan fingerprint density at radius 3 is 2.93 bits per heavy atom. The lowest BCUT2D eigenvalue weighted by Gasteiger charge is -2.08. The van der Waals surface area contributed by atoms with Crippen LogP contribution in [0.2, 0.25) is 0 Å². The Morgan fingerprint density at radius 2 is 2.14 bits per heavy atom. The first-order valence-electron chi connectivity index (χ1n) is 4.85. The lowest BCUT2D eigenvalue weighted by atomic mass is 9.99. The van der Waals surface area contributed by atoms with Crippen molar-refractivity contribution in [2.45, 2.75) is 13.3 Å². The van der Waals surface area contributed by atoms with Gasteiger partial charge in [-0.05, 0) is 42.5 Å². The molecule has 0 aliphatic heterocycles. The maximum absolute atomic E-state index is 5.60. The number of hydrogen-bond acceptors (Lipinski definition) is 2. The molecular formula is C12H14N2. The molecule has 1 aromatic heterocycles. The summed E-state index contributed by atoms with van der Waals surface area (Å²) in [5.41, 5.74) is 8.27. The van der Waals surface area contributed by atoms with Crippen molar-refractivity contribution in [2.75, 3.05) is 6.54 Å². The van der Waals surface area contributed by atoms with Gasteiger partial charge in [0, 0.05) is 17.8 Å². The smallest absolute Gasteiger partial charge is 0.0346 e. The fourth-order valence-corrected chi connectivity index (χ4v) is 1.82. The summed E-state index contributed by atoms with van der Waals surface area (Å²) in [6, 6.07) is 6.31. The van der Waals surface area contributed by atoms with Crippen LogP contribution >= 0.6 is 0 Å². The van der Waals surface area contributed by atoms with Crippen molar-refractivity contribution in [1.29, 1.82) is 0 Å². The fraction of sp³-hybridized carbons (Fsp3) is 0.250. The summed E-state index contributed by atoms with van der Waals surface area (Å²) < 4.78 is 0. The van der Waals surface area contributed by atoms with Gasteiger partial charge >= 0.3 is 0 Å². The first kappa shape index (κ1) is 9.16. The predicted octanol–water partition coefficient (Wildman–Crippen LogP) is 2.04. The Morgan fingerprint density at radius 1 is 1.29 bits per heavy atom. The Kier molecular flexibility index (Phi) is 2.46. The first-order chi connectivity index (χ1) is 6.83. The van der Waals surface area contributed by atoms with E-state index in [2.05, 4.69) is 30.1 Å². The van der Waals surface area contributed by atoms with Crippen LogP contribution in [-0.4, -0.2) is 11.5 Å². The summed E-state index contributed by atoms with van der Waals surface area (Å²) in [6.45, 7) is 2.83. The third-order valence-electron chi connectivity index (χ3n) is 2.56. The lowest BCUT2D eigenvalue weighted by Crippen LogP contribution is -2.04. The first-order valence-corrected chi connectivity index (χ1v) is 4.85. The van der Waals surface area contributed by atoms with Gasteiger partial charge in [0.1, 0.15) is 0 Å². The van der Waals surface area contributed by atoms with Gasteiger partial charge in [0.15, 0.2) is 0 Å². The molecule has 2 aromatic rings. The van der Waals surface area contributed by atoms with E-state index in [1.807, 2.05) is 12.4 Å². The van der Waals surface area contributed by atoms with E-state index >= 15 is 0 Å². The summed E-state index contributed by atoms with van der Waals surface area (Å²) in [5, 5.41) is 2.48. The molecule has 0 fully saturated rings. The van der Waals surface area contributed by atoms with Crippen LogP contribution in [0.5, 0.6) is 0 Å². The fourth-order valence-electron chi connectivity index (χ4n) is 1.82. The normalized spacial score (nSPS) is 10.7. The topological polar surface area (TPSA) is 38.9 Å². The highest BCUT2D eigenvalue weighted by molar-refractivity contribution is 5.85. The minimum absolute atomic E-state index is 0.697. The molecule has 2 rings (SSSR count). The number of hydrogen-bond donors (Lipinski definition) is 1. The van der Waals surface area contributed by atoms with E-state index in [4.69, 9.17) is 5.73 Å². The van der Waals surface area contributed by atoms with Crippen LogP contribution in [-0.2, 0) is 6.42 Å². The van der Waals surface area contributed by atoms with Crippen LogP contribution in [0.3, 0.4) is 0 Å². The molecule has 0 bridgehead atoms. The average molecular weight is 186 g/mol. The number of nitrogens with two attached hydrogens (primary N) is 1. The maximum Gasteiger partial charge on any atom is 0.0346 e. The SMILES string of the molecule is Cc1ccc2cnccc2c1CCN. The Hall–Kier alpha value is -1.41. The zero-order chi connectivity index (χ0) is 9.97. The highest BCUT2D eigenvalue weighted by atomic mass is 14.6. The van der Waals surface area contributed by atoms with Crippen LogP contribution in [0.4, 0.5) is 0 Å². The lowest BCUT2D eigenvalue weighted by molar-refractivity contribution is 0.967. The van der Waals surface area contributed by atoms with E-state index in [1.54, 1.807) is 0 Å². The van der Waals surface area contributed by atoms with Gasteiger partial charge in [-0.3, -0.25) is 4.98 Å². The zero-order valence-corrected chi connectivity index (χ0v) is 8.33. The Bertz CT molecular complexity index is 449. The number of aryl methyl sites for hydroxylation is 1. The van der Waals surface area contributed by atoms with Gasteiger partial charge in [0.25, 0.3) is 0 Å². The maximum atomic E-state index is 5.60. The van der Waals surface area contributed by atoms with Crippen LogP contribution in [0.15, 0.2) is 30.6 Å². The minimum atomic E-state index is 0.697. The molecule has 0 atom stereocenters. The third kappa shape index (κ3) is 1.49. The number of pyridine rings is 1. The largest absolute Gasteiger partial charge is 0.330 e. The number of fused-ring (bicyclic) bond motifs is 1. The van der Waals surface area contributed by atoms with E-state index in [0.717, 1.165) is 6.42 Å². The summed E-state index contributed by atoms with van der Waals surface area (Å²) >= 11 is 0. The summed E-state index contributed by atoms with van der Waals surface area (Å²) in [5.74, 6) is 0. The standard InChI is InChI=1S/C12H14N2/c1-9-2-3-10-8-14-7-5-12(10)11(9)4-6-13/h2-3,5,7-8H,4,6,13H2,1H3. The highest BCUT2D eigenvalue weighted by Crippen LogP contribution is 2.21. The van der Waals surface area contributed by atoms with Crippen molar-refractivity contribution in [3.05, 3.63) is 41.7 Å². The molecule has 0 amide bonds. The second kappa shape index (κ2) is 3.76. The predicted molar refractivity (Wildman–Crippen MR) is 59.2 cm³/mol. The summed E-state index contributed by atoms with van der Waals surface area (Å²) in [6.07, 6.45) is 4.67. The molecule has 1 heterocycles. The van der Waals surface area contributed by atoms with E-state index in [0.29, 0.717) is 6.54 Å². The van der Waals surface area contributed by atoms with Gasteiger partial charge in [-0.15, -0.1) is 0 Å². The van der Waals surface area contributed by atoms with Crippen LogP contribution in [0.1, 0.15) is 11.1 Å². The van der Waals surface area contributed by atoms with E-state index in [-0.39, 0.29) is 0 Å². The van der Waals surface area contributed by atoms with Gasteiger partial charge in [-0.25, -0.2) is 0 Å². The van der Waals surface area contributed by atoms with Gasteiger partial charge in [0.05, 0.1) is 0 Å². The molecule has 0 spiro atoms. The third-order valence-corrected chi connectivity index (χ3v) is 2.56. The Labute approximate surface area is 83.8 Å². The number of nitrogens with zero attached hydrogens (tertiary/aromatic N) is 1. The quantitative estimate of drug-likeness (QED) is 0.779. The summed E-state index contributed by atoms with van der Waals surface area (Å²) in [4.78, 5) is 4.11. The van der Waals surface area contributed by atoms with Crippen LogP contribution in [0, 0.1) is 6.92 Å². The van der Waals surface area contributed by atoms with E-state index in [9.17, 15) is 0 Å². The van der Waals surface area contributed by atoms with Gasteiger partial charge in [0.2, 0.25) is 0 Å². The molecular weight excluding hydrogens is 172 g/mol. The molecule has 0 saturated heterocycles. The highest BCUT2D eigenvalue weighted by Gasteiger charge is 2.02. The molecule has 2 heteroatoms. The van der Waals surface area contributed by atoms with Gasteiger partial charge in [-0.2, -0.15) is 0 Å². The van der Waals surface area contributed by atoms with E-state index in [1.165, 1.54) is 21.9 Å². The molecule has 72 valence electrons. The second-order valence-corrected chi connectivity index (χ2v) is 3.50. The number of aromatic nitrogens is 1. The van der Waals surface area contributed by atoms with Crippen molar-refractivity contribution in [3.8, 4) is 0 Å². The van der Waals surface area contributed by atoms with Crippen LogP contribution < -0.4 is 5.73 Å². The zero-order valence-electron chi connectivity index (χ0n) is 8.33. The molecule has 1 aromatic carbocycles. The second-order valence-electron chi connectivity index (χ2n) is 3.50. The number of benzene rings is 1. The molecule has 0 unspecified atom stereocenters. The van der Waals surface area contributed by atoms with Crippen molar-refractivity contribution in [2.24, 2.45) is 5.73 Å². The molecule has 0 aliphatic carbocycles. The molecule has 2 nitrogen and oxygen atoms in total. The van der Waals surface area contributed by atoms with Crippen molar-refractivity contribution >= 4 is 10.8 Å². The van der Waals surface area contributed by atoms with Gasteiger partial charge in [-0.1, -0.05) is 12.1 Å².